The van der Waals surface area contributed by atoms with E-state index >= 15 is 0 Å². The van der Waals surface area contributed by atoms with Crippen LogP contribution in [-0.2, 0) is 0 Å². The molecular formula is C12H9Cl2N. The fraction of sp³-hybridized carbons (Fsp3) is 0.0833. The maximum Gasteiger partial charge on any atom is 0.131 e. The number of hydrogen-bond donors (Lipinski definition) is 0. The average molecular weight is 238 g/mol. The Morgan fingerprint density at radius 3 is 2.53 bits per heavy atom. The summed E-state index contributed by atoms with van der Waals surface area (Å²) in [6.45, 7) is 1.93. The molecule has 2 rings (SSSR count). The van der Waals surface area contributed by atoms with Crippen LogP contribution in [0.15, 0.2) is 36.5 Å². The third-order valence-corrected chi connectivity index (χ3v) is 2.80. The van der Waals surface area contributed by atoms with Gasteiger partial charge in [-0.2, -0.15) is 0 Å². The normalized spacial score (nSPS) is 10.3. The Kier molecular flexibility index (Phi) is 2.94. The van der Waals surface area contributed by atoms with Crippen molar-refractivity contribution in [2.75, 3.05) is 0 Å². The number of hydrogen-bond acceptors (Lipinski definition) is 1. The predicted molar refractivity (Wildman–Crippen MR) is 64.4 cm³/mol. The van der Waals surface area contributed by atoms with E-state index in [0.29, 0.717) is 5.15 Å². The SMILES string of the molecule is Cc1cc(-c2cccc(Cl)c2)cnc1Cl. The van der Waals surface area contributed by atoms with E-state index in [1.54, 1.807) is 6.20 Å². The van der Waals surface area contributed by atoms with E-state index < -0.39 is 0 Å². The lowest BCUT2D eigenvalue weighted by Gasteiger charge is -2.03. The van der Waals surface area contributed by atoms with E-state index in [9.17, 15) is 0 Å². The molecule has 76 valence electrons. The summed E-state index contributed by atoms with van der Waals surface area (Å²) in [5.74, 6) is 0. The molecule has 0 amide bonds. The van der Waals surface area contributed by atoms with Gasteiger partial charge >= 0.3 is 0 Å². The highest BCUT2D eigenvalue weighted by Gasteiger charge is 2.02. The van der Waals surface area contributed by atoms with Crippen molar-refractivity contribution in [2.24, 2.45) is 0 Å². The molecule has 1 aromatic carbocycles. The molecule has 0 saturated heterocycles. The van der Waals surface area contributed by atoms with Gasteiger partial charge in [0.05, 0.1) is 0 Å². The largest absolute Gasteiger partial charge is 0.244 e. The van der Waals surface area contributed by atoms with Gasteiger partial charge in [0.2, 0.25) is 0 Å². The minimum absolute atomic E-state index is 0.542. The molecule has 0 fully saturated rings. The third-order valence-electron chi connectivity index (χ3n) is 2.17. The molecule has 0 aliphatic heterocycles. The lowest BCUT2D eigenvalue weighted by atomic mass is 10.1. The summed E-state index contributed by atoms with van der Waals surface area (Å²) in [6.07, 6.45) is 1.75. The molecule has 2 aromatic rings. The number of aryl methyl sites for hydroxylation is 1. The number of pyridine rings is 1. The van der Waals surface area contributed by atoms with Gasteiger partial charge in [0, 0.05) is 16.8 Å². The van der Waals surface area contributed by atoms with Gasteiger partial charge in [-0.25, -0.2) is 4.98 Å². The summed E-state index contributed by atoms with van der Waals surface area (Å²) in [5.41, 5.74) is 3.04. The number of nitrogens with zero attached hydrogens (tertiary/aromatic N) is 1. The highest BCUT2D eigenvalue weighted by Crippen LogP contribution is 2.24. The van der Waals surface area contributed by atoms with Gasteiger partial charge in [0.15, 0.2) is 0 Å². The van der Waals surface area contributed by atoms with Crippen LogP contribution in [0.1, 0.15) is 5.56 Å². The van der Waals surface area contributed by atoms with Crippen LogP contribution in [0, 0.1) is 6.92 Å². The summed E-state index contributed by atoms with van der Waals surface area (Å²) in [6, 6.07) is 9.67. The Morgan fingerprint density at radius 1 is 1.07 bits per heavy atom. The molecule has 0 bridgehead atoms. The Hall–Kier alpha value is -1.05. The molecule has 3 heteroatoms. The molecule has 1 heterocycles. The van der Waals surface area contributed by atoms with Crippen LogP contribution in [0.25, 0.3) is 11.1 Å². The number of aromatic nitrogens is 1. The molecular weight excluding hydrogens is 229 g/mol. The van der Waals surface area contributed by atoms with Crippen molar-refractivity contribution in [1.82, 2.24) is 4.98 Å². The zero-order valence-corrected chi connectivity index (χ0v) is 9.68. The fourth-order valence-electron chi connectivity index (χ4n) is 1.38. The first-order chi connectivity index (χ1) is 7.16. The smallest absolute Gasteiger partial charge is 0.131 e. The second-order valence-corrected chi connectivity index (χ2v) is 4.14. The van der Waals surface area contributed by atoms with Crippen molar-refractivity contribution in [2.45, 2.75) is 6.92 Å². The third kappa shape index (κ3) is 2.31. The Labute approximate surface area is 98.7 Å². The van der Waals surface area contributed by atoms with Gasteiger partial charge in [0.25, 0.3) is 0 Å². The van der Waals surface area contributed by atoms with E-state index in [1.165, 1.54) is 0 Å². The zero-order valence-electron chi connectivity index (χ0n) is 8.17. The molecule has 0 N–H and O–H groups in total. The average Bonchev–Trinajstić information content (AvgIpc) is 2.22. The van der Waals surface area contributed by atoms with Gasteiger partial charge in [-0.05, 0) is 36.2 Å². The van der Waals surface area contributed by atoms with Crippen LogP contribution in [0.3, 0.4) is 0 Å². The number of rotatable bonds is 1. The highest BCUT2D eigenvalue weighted by molar-refractivity contribution is 6.31. The molecule has 15 heavy (non-hydrogen) atoms. The first kappa shape index (κ1) is 10.5. The van der Waals surface area contributed by atoms with E-state index in [0.717, 1.165) is 21.7 Å². The minimum Gasteiger partial charge on any atom is -0.244 e. The van der Waals surface area contributed by atoms with E-state index in [4.69, 9.17) is 23.2 Å². The van der Waals surface area contributed by atoms with Crippen molar-refractivity contribution >= 4 is 23.2 Å². The molecule has 0 saturated carbocycles. The molecule has 1 nitrogen and oxygen atoms in total. The molecule has 0 radical (unpaired) electrons. The summed E-state index contributed by atoms with van der Waals surface area (Å²) in [4.78, 5) is 4.11. The maximum atomic E-state index is 5.92. The summed E-state index contributed by atoms with van der Waals surface area (Å²) in [7, 11) is 0. The molecule has 0 spiro atoms. The number of benzene rings is 1. The first-order valence-corrected chi connectivity index (χ1v) is 5.30. The molecule has 1 aromatic heterocycles. The van der Waals surface area contributed by atoms with Gasteiger partial charge < -0.3 is 0 Å². The molecule has 0 aliphatic rings. The van der Waals surface area contributed by atoms with Crippen LogP contribution < -0.4 is 0 Å². The quantitative estimate of drug-likeness (QED) is 0.672. The van der Waals surface area contributed by atoms with Gasteiger partial charge in [-0.3, -0.25) is 0 Å². The Morgan fingerprint density at radius 2 is 1.87 bits per heavy atom. The minimum atomic E-state index is 0.542. The second kappa shape index (κ2) is 4.21. The summed E-state index contributed by atoms with van der Waals surface area (Å²) in [5, 5.41) is 1.26. The lowest BCUT2D eigenvalue weighted by molar-refractivity contribution is 1.27. The van der Waals surface area contributed by atoms with E-state index in [-0.39, 0.29) is 0 Å². The van der Waals surface area contributed by atoms with Gasteiger partial charge in [-0.1, -0.05) is 35.3 Å². The summed E-state index contributed by atoms with van der Waals surface area (Å²) >= 11 is 11.8. The van der Waals surface area contributed by atoms with Crippen molar-refractivity contribution in [3.8, 4) is 11.1 Å². The van der Waals surface area contributed by atoms with E-state index in [2.05, 4.69) is 4.98 Å². The van der Waals surface area contributed by atoms with Crippen molar-refractivity contribution in [1.29, 1.82) is 0 Å². The van der Waals surface area contributed by atoms with Crippen LogP contribution in [0.5, 0.6) is 0 Å². The Balaban J connectivity index is 2.50. The first-order valence-electron chi connectivity index (χ1n) is 4.55. The van der Waals surface area contributed by atoms with Crippen molar-refractivity contribution in [3.63, 3.8) is 0 Å². The standard InChI is InChI=1S/C12H9Cl2N/c1-8-5-10(7-15-12(8)14)9-3-2-4-11(13)6-9/h2-7H,1H3. The molecule has 0 atom stereocenters. The maximum absolute atomic E-state index is 5.92. The fourth-order valence-corrected chi connectivity index (χ4v) is 1.68. The number of halogens is 2. The van der Waals surface area contributed by atoms with Crippen LogP contribution in [0.4, 0.5) is 0 Å². The van der Waals surface area contributed by atoms with Crippen LogP contribution in [-0.4, -0.2) is 4.98 Å². The second-order valence-electron chi connectivity index (χ2n) is 3.34. The lowest BCUT2D eigenvalue weighted by Crippen LogP contribution is -1.84. The highest BCUT2D eigenvalue weighted by atomic mass is 35.5. The monoisotopic (exact) mass is 237 g/mol. The summed E-state index contributed by atoms with van der Waals surface area (Å²) < 4.78 is 0. The van der Waals surface area contributed by atoms with Crippen molar-refractivity contribution < 1.29 is 0 Å². The molecule has 0 unspecified atom stereocenters. The van der Waals surface area contributed by atoms with E-state index in [1.807, 2.05) is 37.3 Å². The van der Waals surface area contributed by atoms with Gasteiger partial charge in [0.1, 0.15) is 5.15 Å². The van der Waals surface area contributed by atoms with Crippen LogP contribution >= 0.6 is 23.2 Å². The Bertz CT molecular complexity index is 495. The van der Waals surface area contributed by atoms with Crippen LogP contribution in [0.2, 0.25) is 10.2 Å². The zero-order chi connectivity index (χ0) is 10.8. The van der Waals surface area contributed by atoms with Crippen molar-refractivity contribution in [3.05, 3.63) is 52.3 Å². The predicted octanol–water partition coefficient (Wildman–Crippen LogP) is 4.36. The topological polar surface area (TPSA) is 12.9 Å². The molecule has 0 aliphatic carbocycles. The van der Waals surface area contributed by atoms with Gasteiger partial charge in [-0.15, -0.1) is 0 Å².